The van der Waals surface area contributed by atoms with Crippen molar-refractivity contribution in [2.45, 2.75) is 124 Å². The summed E-state index contributed by atoms with van der Waals surface area (Å²) in [7, 11) is 8.56. The monoisotopic (exact) mass is 801 g/mol. The second kappa shape index (κ2) is 17.7. The lowest BCUT2D eigenvalue weighted by molar-refractivity contribution is -0.0476. The summed E-state index contributed by atoms with van der Waals surface area (Å²) in [5.41, 5.74) is 7.31. The molecule has 318 valence electrons. The third-order valence-corrected chi connectivity index (χ3v) is 18.9. The van der Waals surface area contributed by atoms with Gasteiger partial charge < -0.3 is 24.7 Å². The maximum absolute atomic E-state index is 9.97. The van der Waals surface area contributed by atoms with Crippen LogP contribution in [0.2, 0.25) is 0 Å². The first-order chi connectivity index (χ1) is 27.1. The third kappa shape index (κ3) is 8.60. The lowest BCUT2D eigenvalue weighted by atomic mass is 9.49. The average molecular weight is 801 g/mol. The van der Waals surface area contributed by atoms with E-state index in [9.17, 15) is 10.2 Å². The van der Waals surface area contributed by atoms with Gasteiger partial charge in [0.2, 0.25) is 0 Å². The van der Waals surface area contributed by atoms with Gasteiger partial charge in [0.15, 0.2) is 0 Å². The van der Waals surface area contributed by atoms with Crippen LogP contribution < -0.4 is 0 Å². The fourth-order valence-electron chi connectivity index (χ4n) is 14.5. The van der Waals surface area contributed by atoms with Gasteiger partial charge in [0, 0.05) is 25.4 Å². The minimum atomic E-state index is 0.399. The van der Waals surface area contributed by atoms with E-state index in [4.69, 9.17) is 4.74 Å². The van der Waals surface area contributed by atoms with Gasteiger partial charge in [-0.2, -0.15) is 11.8 Å². The highest BCUT2D eigenvalue weighted by Crippen LogP contribution is 2.69. The highest BCUT2D eigenvalue weighted by atomic mass is 32.2. The predicted molar refractivity (Wildman–Crippen MR) is 241 cm³/mol. The van der Waals surface area contributed by atoms with Gasteiger partial charge in [-0.1, -0.05) is 46.8 Å². The highest BCUT2D eigenvalue weighted by molar-refractivity contribution is 7.99. The second-order valence-corrected chi connectivity index (χ2v) is 22.7. The van der Waals surface area contributed by atoms with E-state index in [-0.39, 0.29) is 0 Å². The number of phenolic OH excluding ortho intramolecular Hbond substituents is 2. The Morgan fingerprint density at radius 3 is 1.89 bits per heavy atom. The summed E-state index contributed by atoms with van der Waals surface area (Å²) in [6.45, 7) is 16.7. The summed E-state index contributed by atoms with van der Waals surface area (Å²) >= 11 is 2.16. The van der Waals surface area contributed by atoms with Crippen molar-refractivity contribution < 1.29 is 14.9 Å². The van der Waals surface area contributed by atoms with Crippen LogP contribution >= 0.6 is 11.8 Å². The van der Waals surface area contributed by atoms with Crippen molar-refractivity contribution in [3.05, 3.63) is 58.7 Å². The molecule has 0 radical (unpaired) electrons. The minimum absolute atomic E-state index is 0.399. The SMILES string of the molecule is C[C@@H]1Cc2cc(O)ccc2C2CCC3(C)C(CC[C@@H]3CCSCCN(C)C)C21.C[C@@H]1Cc2cc(O)ccc2C2CCC3(C)C(CC[C@]3(C)CCOCCN(C)C)C21. The smallest absolute Gasteiger partial charge is 0.115 e. The Morgan fingerprint density at radius 2 is 1.28 bits per heavy atom. The van der Waals surface area contributed by atoms with Crippen LogP contribution in [0.25, 0.3) is 0 Å². The van der Waals surface area contributed by atoms with E-state index >= 15 is 0 Å². The van der Waals surface area contributed by atoms with Crippen molar-refractivity contribution in [1.29, 1.82) is 0 Å². The van der Waals surface area contributed by atoms with Crippen LogP contribution in [0.3, 0.4) is 0 Å². The van der Waals surface area contributed by atoms with Crippen LogP contribution in [0.4, 0.5) is 0 Å². The van der Waals surface area contributed by atoms with Crippen LogP contribution in [-0.2, 0) is 17.6 Å². The van der Waals surface area contributed by atoms with E-state index in [0.717, 1.165) is 74.0 Å². The van der Waals surface area contributed by atoms with Crippen molar-refractivity contribution >= 4 is 11.8 Å². The fourth-order valence-corrected chi connectivity index (χ4v) is 15.7. The molecule has 2 N–H and O–H groups in total. The van der Waals surface area contributed by atoms with Crippen molar-refractivity contribution in [1.82, 2.24) is 9.80 Å². The molecule has 0 saturated heterocycles. The average Bonchev–Trinajstić information content (AvgIpc) is 3.63. The fraction of sp³-hybridized carbons (Fsp3) is 0.765. The summed E-state index contributed by atoms with van der Waals surface area (Å²) in [4.78, 5) is 4.49. The largest absolute Gasteiger partial charge is 0.508 e. The molecule has 0 heterocycles. The molecule has 2 aromatic rings. The molecular weight excluding hydrogens is 721 g/mol. The number of rotatable bonds is 12. The summed E-state index contributed by atoms with van der Waals surface area (Å²) in [5, 5.41) is 19.9. The number of benzene rings is 2. The molecule has 6 aliphatic carbocycles. The quantitative estimate of drug-likeness (QED) is 0.209. The molecule has 2 aromatic carbocycles. The second-order valence-electron chi connectivity index (χ2n) is 21.5. The van der Waals surface area contributed by atoms with Crippen LogP contribution in [0.15, 0.2) is 36.4 Å². The highest BCUT2D eigenvalue weighted by Gasteiger charge is 2.61. The molecule has 0 spiro atoms. The van der Waals surface area contributed by atoms with Gasteiger partial charge in [-0.3, -0.25) is 0 Å². The molecule has 8 rings (SSSR count). The number of thioether (sulfide) groups is 1. The van der Waals surface area contributed by atoms with Gasteiger partial charge in [-0.25, -0.2) is 0 Å². The van der Waals surface area contributed by atoms with Gasteiger partial charge in [0.25, 0.3) is 0 Å². The summed E-state index contributed by atoms with van der Waals surface area (Å²) < 4.78 is 6.02. The van der Waals surface area contributed by atoms with E-state index in [0.29, 0.717) is 39.6 Å². The zero-order valence-electron chi connectivity index (χ0n) is 37.5. The van der Waals surface area contributed by atoms with E-state index in [1.807, 2.05) is 24.3 Å². The minimum Gasteiger partial charge on any atom is -0.508 e. The number of likely N-dealkylation sites (N-methyl/N-ethyl adjacent to an activating group) is 1. The molecule has 4 saturated carbocycles. The lowest BCUT2D eigenvalue weighted by Crippen LogP contribution is -2.48. The number of ether oxygens (including phenoxy) is 1. The zero-order chi connectivity index (χ0) is 40.7. The summed E-state index contributed by atoms with van der Waals surface area (Å²) in [6, 6.07) is 12.4. The Labute approximate surface area is 352 Å². The molecule has 6 heteroatoms. The summed E-state index contributed by atoms with van der Waals surface area (Å²) in [6.07, 6.45) is 15.9. The molecule has 0 amide bonds. The number of aromatic hydroxyl groups is 2. The van der Waals surface area contributed by atoms with E-state index in [1.165, 1.54) is 98.9 Å². The first-order valence-electron chi connectivity index (χ1n) is 23.2. The lowest BCUT2D eigenvalue weighted by Gasteiger charge is -2.56. The number of hydrogen-bond acceptors (Lipinski definition) is 6. The van der Waals surface area contributed by atoms with E-state index in [1.54, 1.807) is 5.56 Å². The first kappa shape index (κ1) is 43.4. The molecule has 4 fully saturated rings. The van der Waals surface area contributed by atoms with Crippen LogP contribution in [0.1, 0.15) is 133 Å². The van der Waals surface area contributed by atoms with Crippen molar-refractivity contribution in [3.8, 4) is 11.5 Å². The molecule has 8 unspecified atom stereocenters. The standard InChI is InChI=1S/C26H41NO2.C25H39NOS/c1-18-16-19-17-20(28)6-7-21(19)22-8-11-26(3)23(24(18)22)9-10-25(26,2)12-14-29-15-13-27(4)5;1-17-15-18-16-20(27)6-7-21(18)22-9-11-25(2)19(5-8-23(25)24(17)22)10-13-28-14-12-26(3)4/h6-7,17-18,22-24,28H,8-16H2,1-5H3;6-7,16-17,19,22-24,27H,5,8-15H2,1-4H3/t18-,22?,23?,24?,25-,26?;17-,19-,22?,23?,24?,25?/m11/s1. The molecule has 0 bridgehead atoms. The Morgan fingerprint density at radius 1 is 0.684 bits per heavy atom. The van der Waals surface area contributed by atoms with Gasteiger partial charge in [-0.15, -0.1) is 0 Å². The van der Waals surface area contributed by atoms with Crippen LogP contribution in [-0.4, -0.2) is 86.0 Å². The van der Waals surface area contributed by atoms with E-state index in [2.05, 4.69) is 96.5 Å². The van der Waals surface area contributed by atoms with Gasteiger partial charge >= 0.3 is 0 Å². The maximum atomic E-state index is 9.97. The molecule has 5 nitrogen and oxygen atoms in total. The molecular formula is C51H80N2O3S. The van der Waals surface area contributed by atoms with Crippen LogP contribution in [0.5, 0.6) is 11.5 Å². The number of fused-ring (bicyclic) bond motifs is 10. The van der Waals surface area contributed by atoms with Gasteiger partial charge in [0.1, 0.15) is 11.5 Å². The Hall–Kier alpha value is -1.73. The first-order valence-corrected chi connectivity index (χ1v) is 24.4. The van der Waals surface area contributed by atoms with Crippen LogP contribution in [0, 0.1) is 57.7 Å². The molecule has 0 aliphatic heterocycles. The predicted octanol–water partition coefficient (Wildman–Crippen LogP) is 11.3. The zero-order valence-corrected chi connectivity index (χ0v) is 38.3. The third-order valence-electron chi connectivity index (χ3n) is 17.9. The number of hydrogen-bond donors (Lipinski definition) is 2. The Bertz CT molecular complexity index is 1660. The maximum Gasteiger partial charge on any atom is 0.115 e. The molecule has 57 heavy (non-hydrogen) atoms. The van der Waals surface area contributed by atoms with Crippen molar-refractivity contribution in [2.24, 2.45) is 57.7 Å². The van der Waals surface area contributed by atoms with Crippen molar-refractivity contribution in [2.75, 3.05) is 66.0 Å². The number of phenols is 2. The Balaban J connectivity index is 0.000000174. The molecule has 12 atom stereocenters. The van der Waals surface area contributed by atoms with Gasteiger partial charge in [-0.05, 0) is 227 Å². The molecule has 6 aliphatic rings. The topological polar surface area (TPSA) is 56.2 Å². The normalized spacial score (nSPS) is 37.7. The molecule has 0 aromatic heterocycles. The summed E-state index contributed by atoms with van der Waals surface area (Å²) in [5.74, 6) is 10.6. The van der Waals surface area contributed by atoms with Crippen molar-refractivity contribution in [3.63, 3.8) is 0 Å². The Kier molecular flexibility index (Phi) is 13.5. The number of nitrogens with zero attached hydrogens (tertiary/aromatic N) is 2. The van der Waals surface area contributed by atoms with E-state index < -0.39 is 0 Å². The van der Waals surface area contributed by atoms with Gasteiger partial charge in [0.05, 0.1) is 6.61 Å².